The molecular formula is C21H20O6. The Morgan fingerprint density at radius 3 is 1.74 bits per heavy atom. The van der Waals surface area contributed by atoms with E-state index in [9.17, 15) is 19.5 Å². The molecule has 1 aliphatic carbocycles. The van der Waals surface area contributed by atoms with Crippen molar-refractivity contribution in [3.63, 3.8) is 0 Å². The number of hydrogen-bond acceptors (Lipinski definition) is 5. The Morgan fingerprint density at radius 2 is 1.26 bits per heavy atom. The molecule has 2 aromatic carbocycles. The van der Waals surface area contributed by atoms with Crippen molar-refractivity contribution in [3.8, 4) is 0 Å². The summed E-state index contributed by atoms with van der Waals surface area (Å²) in [5, 5.41) is 9.29. The normalized spacial score (nSPS) is 21.0. The van der Waals surface area contributed by atoms with E-state index >= 15 is 0 Å². The van der Waals surface area contributed by atoms with E-state index in [2.05, 4.69) is 0 Å². The highest BCUT2D eigenvalue weighted by molar-refractivity contribution is 5.90. The van der Waals surface area contributed by atoms with Crippen LogP contribution in [0.1, 0.15) is 17.5 Å². The van der Waals surface area contributed by atoms with Gasteiger partial charge in [-0.15, -0.1) is 0 Å². The lowest BCUT2D eigenvalue weighted by atomic mass is 9.64. The summed E-state index contributed by atoms with van der Waals surface area (Å²) in [7, 11) is 0. The van der Waals surface area contributed by atoms with Gasteiger partial charge in [0.25, 0.3) is 0 Å². The Labute approximate surface area is 156 Å². The zero-order valence-electron chi connectivity index (χ0n) is 14.6. The molecule has 6 nitrogen and oxygen atoms in total. The molecule has 140 valence electrons. The van der Waals surface area contributed by atoms with Crippen LogP contribution in [0.15, 0.2) is 60.7 Å². The Hall–Kier alpha value is -3.15. The maximum Gasteiger partial charge on any atom is 0.311 e. The number of carbonyl (C=O) groups excluding carboxylic acids is 2. The average Bonchev–Trinajstić information content (AvgIpc) is 2.65. The molecule has 1 saturated carbocycles. The quantitative estimate of drug-likeness (QED) is 0.756. The van der Waals surface area contributed by atoms with Crippen LogP contribution in [0, 0.1) is 17.8 Å². The molecule has 3 rings (SSSR count). The molecule has 3 unspecified atom stereocenters. The van der Waals surface area contributed by atoms with E-state index in [0.717, 1.165) is 11.1 Å². The highest BCUT2D eigenvalue weighted by Crippen LogP contribution is 2.42. The van der Waals surface area contributed by atoms with Crippen LogP contribution in [0.3, 0.4) is 0 Å². The van der Waals surface area contributed by atoms with Gasteiger partial charge in [0.2, 0.25) is 0 Å². The van der Waals surface area contributed by atoms with Crippen molar-refractivity contribution in [1.29, 1.82) is 0 Å². The van der Waals surface area contributed by atoms with Gasteiger partial charge in [-0.2, -0.15) is 0 Å². The maximum absolute atomic E-state index is 12.4. The van der Waals surface area contributed by atoms with Crippen LogP contribution < -0.4 is 0 Å². The molecule has 0 amide bonds. The van der Waals surface area contributed by atoms with E-state index in [0.29, 0.717) is 0 Å². The minimum Gasteiger partial charge on any atom is -0.481 e. The van der Waals surface area contributed by atoms with Gasteiger partial charge in [0.1, 0.15) is 13.2 Å². The van der Waals surface area contributed by atoms with Crippen LogP contribution in [0.5, 0.6) is 0 Å². The van der Waals surface area contributed by atoms with Gasteiger partial charge in [-0.3, -0.25) is 14.4 Å². The number of rotatable bonds is 7. The van der Waals surface area contributed by atoms with Gasteiger partial charge in [-0.1, -0.05) is 60.7 Å². The minimum atomic E-state index is -1.11. The van der Waals surface area contributed by atoms with Crippen molar-refractivity contribution in [2.45, 2.75) is 19.6 Å². The van der Waals surface area contributed by atoms with Crippen LogP contribution in [0.4, 0.5) is 0 Å². The molecule has 3 atom stereocenters. The Bertz CT molecular complexity index is 802. The van der Waals surface area contributed by atoms with Crippen molar-refractivity contribution in [2.24, 2.45) is 17.8 Å². The van der Waals surface area contributed by atoms with Crippen LogP contribution in [-0.2, 0) is 37.1 Å². The minimum absolute atomic E-state index is 0.0360. The third-order valence-electron chi connectivity index (χ3n) is 4.71. The van der Waals surface area contributed by atoms with Gasteiger partial charge in [0.15, 0.2) is 0 Å². The number of carbonyl (C=O) groups is 3. The standard InChI is InChI=1S/C21H20O6/c22-19(23)16-11-17(20(24)26-12-14-7-3-1-4-8-14)18(16)21(25)27-13-15-9-5-2-6-10-15/h1-10,16-18H,11-13H2,(H,22,23). The molecule has 0 aliphatic heterocycles. The molecular weight excluding hydrogens is 348 g/mol. The maximum atomic E-state index is 12.4. The molecule has 0 saturated heterocycles. The number of ether oxygens (including phenoxy) is 2. The third-order valence-corrected chi connectivity index (χ3v) is 4.71. The molecule has 2 aromatic rings. The first-order chi connectivity index (χ1) is 13.1. The molecule has 1 fully saturated rings. The lowest BCUT2D eigenvalue weighted by Crippen LogP contribution is -2.50. The third kappa shape index (κ3) is 4.53. The average molecular weight is 368 g/mol. The van der Waals surface area contributed by atoms with Crippen LogP contribution in [-0.4, -0.2) is 23.0 Å². The highest BCUT2D eigenvalue weighted by Gasteiger charge is 2.54. The summed E-state index contributed by atoms with van der Waals surface area (Å²) in [4.78, 5) is 36.1. The predicted octanol–water partition coefficient (Wildman–Crippen LogP) is 2.81. The summed E-state index contributed by atoms with van der Waals surface area (Å²) in [5.41, 5.74) is 1.61. The number of benzene rings is 2. The second-order valence-corrected chi connectivity index (χ2v) is 6.50. The number of aliphatic carboxylic acids is 1. The fraction of sp³-hybridized carbons (Fsp3) is 0.286. The van der Waals surface area contributed by atoms with E-state index in [1.807, 2.05) is 48.5 Å². The largest absolute Gasteiger partial charge is 0.481 e. The molecule has 1 aliphatic rings. The molecule has 6 heteroatoms. The van der Waals surface area contributed by atoms with Crippen molar-refractivity contribution in [3.05, 3.63) is 71.8 Å². The van der Waals surface area contributed by atoms with Crippen LogP contribution >= 0.6 is 0 Å². The highest BCUT2D eigenvalue weighted by atomic mass is 16.5. The van der Waals surface area contributed by atoms with Gasteiger partial charge in [0.05, 0.1) is 17.8 Å². The van der Waals surface area contributed by atoms with E-state index in [1.165, 1.54) is 0 Å². The van der Waals surface area contributed by atoms with Crippen LogP contribution in [0.2, 0.25) is 0 Å². The molecule has 0 spiro atoms. The van der Waals surface area contributed by atoms with Crippen molar-refractivity contribution >= 4 is 17.9 Å². The molecule has 0 heterocycles. The summed E-state index contributed by atoms with van der Waals surface area (Å²) in [6.07, 6.45) is 0.0774. The second-order valence-electron chi connectivity index (χ2n) is 6.50. The Balaban J connectivity index is 1.59. The number of esters is 2. The molecule has 0 bridgehead atoms. The summed E-state index contributed by atoms with van der Waals surface area (Å²) in [5.74, 6) is -5.10. The number of carboxylic acids is 1. The lowest BCUT2D eigenvalue weighted by Gasteiger charge is -2.38. The topological polar surface area (TPSA) is 89.9 Å². The van der Waals surface area contributed by atoms with Crippen molar-refractivity contribution in [2.75, 3.05) is 0 Å². The molecule has 0 radical (unpaired) electrons. The van der Waals surface area contributed by atoms with Gasteiger partial charge < -0.3 is 14.6 Å². The SMILES string of the molecule is O=C(O)C1CC(C(=O)OCc2ccccc2)C1C(=O)OCc1ccccc1. The zero-order valence-corrected chi connectivity index (χ0v) is 14.6. The smallest absolute Gasteiger partial charge is 0.311 e. The number of carboxylic acid groups (broad SMARTS) is 1. The van der Waals surface area contributed by atoms with Crippen LogP contribution in [0.25, 0.3) is 0 Å². The Morgan fingerprint density at radius 1 is 0.778 bits per heavy atom. The predicted molar refractivity (Wildman–Crippen MR) is 95.2 cm³/mol. The first kappa shape index (κ1) is 18.6. The summed E-state index contributed by atoms with van der Waals surface area (Å²) in [6, 6.07) is 18.2. The second kappa shape index (κ2) is 8.49. The van der Waals surface area contributed by atoms with Gasteiger partial charge in [0, 0.05) is 0 Å². The zero-order chi connectivity index (χ0) is 19.2. The fourth-order valence-corrected chi connectivity index (χ4v) is 3.14. The van der Waals surface area contributed by atoms with Gasteiger partial charge in [-0.25, -0.2) is 0 Å². The van der Waals surface area contributed by atoms with E-state index in [1.54, 1.807) is 12.1 Å². The molecule has 0 aromatic heterocycles. The van der Waals surface area contributed by atoms with Crippen molar-refractivity contribution < 1.29 is 29.0 Å². The van der Waals surface area contributed by atoms with E-state index in [-0.39, 0.29) is 19.6 Å². The van der Waals surface area contributed by atoms with Gasteiger partial charge in [-0.05, 0) is 17.5 Å². The first-order valence-corrected chi connectivity index (χ1v) is 8.70. The molecule has 1 N–H and O–H groups in total. The van der Waals surface area contributed by atoms with Gasteiger partial charge >= 0.3 is 17.9 Å². The van der Waals surface area contributed by atoms with E-state index in [4.69, 9.17) is 9.47 Å². The Kier molecular flexibility index (Phi) is 5.86. The lowest BCUT2D eigenvalue weighted by molar-refractivity contribution is -0.181. The fourth-order valence-electron chi connectivity index (χ4n) is 3.14. The summed E-state index contributed by atoms with van der Waals surface area (Å²) < 4.78 is 10.5. The van der Waals surface area contributed by atoms with E-state index < -0.39 is 35.7 Å². The van der Waals surface area contributed by atoms with Crippen molar-refractivity contribution in [1.82, 2.24) is 0 Å². The first-order valence-electron chi connectivity index (χ1n) is 8.70. The summed E-state index contributed by atoms with van der Waals surface area (Å²) in [6.45, 7) is 0.119. The summed E-state index contributed by atoms with van der Waals surface area (Å²) >= 11 is 0. The number of hydrogen-bond donors (Lipinski definition) is 1. The monoisotopic (exact) mass is 368 g/mol. The molecule has 27 heavy (non-hydrogen) atoms.